The van der Waals surface area contributed by atoms with E-state index in [2.05, 4.69) is 59.3 Å². The van der Waals surface area contributed by atoms with Crippen molar-refractivity contribution in [1.82, 2.24) is 0 Å². The number of rotatable bonds is 3. The van der Waals surface area contributed by atoms with Gasteiger partial charge in [0.1, 0.15) is 0 Å². The molecule has 0 saturated carbocycles. The average molecular weight is 501 g/mol. The van der Waals surface area contributed by atoms with Crippen molar-refractivity contribution in [3.05, 3.63) is 125 Å². The Labute approximate surface area is 199 Å². The summed E-state index contributed by atoms with van der Waals surface area (Å²) in [5, 5.41) is 2.73. The predicted octanol–water partition coefficient (Wildman–Crippen LogP) is 6.41. The van der Waals surface area contributed by atoms with Crippen molar-refractivity contribution >= 4 is 39.0 Å². The van der Waals surface area contributed by atoms with Crippen LogP contribution in [0.25, 0.3) is 0 Å². The van der Waals surface area contributed by atoms with Crippen LogP contribution >= 0.6 is 23.1 Å². The van der Waals surface area contributed by atoms with Crippen molar-refractivity contribution in [3.8, 4) is 0 Å². The maximum absolute atomic E-state index is 15.1. The van der Waals surface area contributed by atoms with Crippen molar-refractivity contribution in [3.63, 3.8) is 0 Å². The third kappa shape index (κ3) is 3.91. The summed E-state index contributed by atoms with van der Waals surface area (Å²) in [4.78, 5) is 0.0805. The molecule has 0 N–H and O–H groups in total. The van der Waals surface area contributed by atoms with Crippen LogP contribution in [-0.4, -0.2) is 0 Å². The maximum Gasteiger partial charge on any atom is 0.171 e. The summed E-state index contributed by atoms with van der Waals surface area (Å²) in [7, 11) is -3.04. The van der Waals surface area contributed by atoms with Gasteiger partial charge in [-0.05, 0) is 60.1 Å². The molecule has 3 heteroatoms. The summed E-state index contributed by atoms with van der Waals surface area (Å²) in [6, 6.07) is 33.4. The molecule has 0 heterocycles. The Balaban J connectivity index is 1.75. The lowest BCUT2D eigenvalue weighted by molar-refractivity contribution is 0.592. The first-order valence-electron chi connectivity index (χ1n) is 11.1. The normalized spacial score (nSPS) is 15.9. The van der Waals surface area contributed by atoms with E-state index in [4.69, 9.17) is 0 Å². The lowest BCUT2D eigenvalue weighted by Crippen LogP contribution is -2.28. The average Bonchev–Trinajstić information content (AvgIpc) is 2.83. The number of hydrogen-bond acceptors (Lipinski definition) is 1. The first-order valence-corrected chi connectivity index (χ1v) is 13.7. The Morgan fingerprint density at radius 1 is 0.750 bits per heavy atom. The van der Waals surface area contributed by atoms with Crippen molar-refractivity contribution in [2.75, 3.05) is 0 Å². The molecule has 0 aromatic heterocycles. The maximum atomic E-state index is 15.1. The van der Waals surface area contributed by atoms with Gasteiger partial charge in [0, 0.05) is 20.7 Å². The Hall–Kier alpha value is -2.41. The quantitative estimate of drug-likeness (QED) is 0.234. The molecule has 0 fully saturated rings. The van der Waals surface area contributed by atoms with E-state index in [0.29, 0.717) is 0 Å². The molecule has 0 saturated heterocycles. The minimum atomic E-state index is -3.04. The molecule has 4 aliphatic rings. The lowest BCUT2D eigenvalue weighted by atomic mass is 9.94. The molecular formula is C29H26BrOP. The zero-order chi connectivity index (χ0) is 22.1. The van der Waals surface area contributed by atoms with E-state index in [0.717, 1.165) is 40.7 Å². The molecule has 4 aromatic carbocycles. The standard InChI is InChI=1S/C29H26BrOP/c1-21-18-23-13-16-24(21)15-12-22-14-17-27(28(30)19-23)29(20-22)32(31,25-8-4-2-5-9-25)26-10-6-3-7-11-26/h2-11,13-14,16-18,20,28H,12,15,19H2,1H3. The fraction of sp³-hybridized carbons (Fsp3) is 0.172. The van der Waals surface area contributed by atoms with Gasteiger partial charge in [-0.1, -0.05) is 107 Å². The molecule has 4 aliphatic carbocycles. The van der Waals surface area contributed by atoms with Gasteiger partial charge in [0.2, 0.25) is 0 Å². The third-order valence-corrected chi connectivity index (χ3v) is 10.4. The Bertz CT molecular complexity index is 1250. The number of aryl methyl sites for hydroxylation is 3. The molecular weight excluding hydrogens is 475 g/mol. The van der Waals surface area contributed by atoms with Crippen LogP contribution in [0.1, 0.15) is 32.6 Å². The topological polar surface area (TPSA) is 17.1 Å². The number of hydrogen-bond donors (Lipinski definition) is 0. The lowest BCUT2D eigenvalue weighted by Gasteiger charge is -2.26. The fourth-order valence-electron chi connectivity index (χ4n) is 4.75. The fourth-order valence-corrected chi connectivity index (χ4v) is 8.68. The van der Waals surface area contributed by atoms with Gasteiger partial charge >= 0.3 is 0 Å². The largest absolute Gasteiger partial charge is 0.309 e. The minimum Gasteiger partial charge on any atom is -0.309 e. The highest BCUT2D eigenvalue weighted by Gasteiger charge is 2.33. The van der Waals surface area contributed by atoms with Gasteiger partial charge < -0.3 is 4.57 Å². The summed E-state index contributed by atoms with van der Waals surface area (Å²) in [5.74, 6) is 0. The first kappa shape index (κ1) is 21.4. The summed E-state index contributed by atoms with van der Waals surface area (Å²) >= 11 is 3.98. The van der Waals surface area contributed by atoms with Gasteiger partial charge in [-0.15, -0.1) is 0 Å². The second kappa shape index (κ2) is 8.85. The second-order valence-electron chi connectivity index (χ2n) is 8.61. The van der Waals surface area contributed by atoms with Gasteiger partial charge in [0.25, 0.3) is 0 Å². The van der Waals surface area contributed by atoms with Gasteiger partial charge in [-0.2, -0.15) is 0 Å². The number of alkyl halides is 1. The van der Waals surface area contributed by atoms with Crippen LogP contribution in [0.3, 0.4) is 0 Å². The van der Waals surface area contributed by atoms with E-state index >= 15 is 4.57 Å². The SMILES string of the molecule is Cc1cc2ccc1CCc1ccc(c(P(=O)(c3ccccc3)c3ccccc3)c1)C(Br)C2. The zero-order valence-electron chi connectivity index (χ0n) is 18.2. The smallest absolute Gasteiger partial charge is 0.171 e. The molecule has 32 heavy (non-hydrogen) atoms. The molecule has 160 valence electrons. The van der Waals surface area contributed by atoms with Crippen molar-refractivity contribution in [2.24, 2.45) is 0 Å². The molecule has 1 unspecified atom stereocenters. The van der Waals surface area contributed by atoms with E-state index in [1.54, 1.807) is 0 Å². The van der Waals surface area contributed by atoms with Crippen LogP contribution in [0.4, 0.5) is 0 Å². The van der Waals surface area contributed by atoms with E-state index in [1.807, 2.05) is 60.7 Å². The second-order valence-corrected chi connectivity index (χ2v) is 12.4. The van der Waals surface area contributed by atoms with Crippen molar-refractivity contribution < 1.29 is 4.57 Å². The van der Waals surface area contributed by atoms with E-state index in [1.165, 1.54) is 22.3 Å². The van der Waals surface area contributed by atoms with Crippen LogP contribution in [0, 0.1) is 6.92 Å². The van der Waals surface area contributed by atoms with Gasteiger partial charge in [0.15, 0.2) is 7.14 Å². The van der Waals surface area contributed by atoms with E-state index in [9.17, 15) is 0 Å². The summed E-state index contributed by atoms with van der Waals surface area (Å²) < 4.78 is 15.1. The number of halogens is 1. The molecule has 8 rings (SSSR count). The van der Waals surface area contributed by atoms with E-state index in [-0.39, 0.29) is 4.83 Å². The van der Waals surface area contributed by atoms with Crippen molar-refractivity contribution in [1.29, 1.82) is 0 Å². The molecule has 1 nitrogen and oxygen atoms in total. The molecule has 4 aromatic rings. The summed E-state index contributed by atoms with van der Waals surface area (Å²) in [5.41, 5.74) is 6.40. The molecule has 0 spiro atoms. The minimum absolute atomic E-state index is 0.0805. The highest BCUT2D eigenvalue weighted by Crippen LogP contribution is 2.46. The van der Waals surface area contributed by atoms with Crippen LogP contribution in [0.15, 0.2) is 97.1 Å². The highest BCUT2D eigenvalue weighted by molar-refractivity contribution is 9.09. The molecule has 0 radical (unpaired) electrons. The van der Waals surface area contributed by atoms with Gasteiger partial charge in [-0.25, -0.2) is 0 Å². The van der Waals surface area contributed by atoms with Crippen LogP contribution in [0.2, 0.25) is 0 Å². The monoisotopic (exact) mass is 500 g/mol. The van der Waals surface area contributed by atoms with Gasteiger partial charge in [-0.3, -0.25) is 0 Å². The molecule has 0 aliphatic heterocycles. The van der Waals surface area contributed by atoms with Crippen LogP contribution < -0.4 is 15.9 Å². The predicted molar refractivity (Wildman–Crippen MR) is 140 cm³/mol. The van der Waals surface area contributed by atoms with Crippen LogP contribution in [-0.2, 0) is 23.8 Å². The van der Waals surface area contributed by atoms with Gasteiger partial charge in [0.05, 0.1) is 0 Å². The van der Waals surface area contributed by atoms with Crippen LogP contribution in [0.5, 0.6) is 0 Å². The molecule has 0 amide bonds. The molecule has 1 atom stereocenters. The Kier molecular flexibility index (Phi) is 5.93. The Morgan fingerprint density at radius 2 is 1.38 bits per heavy atom. The first-order chi connectivity index (χ1) is 15.6. The molecule has 4 bridgehead atoms. The zero-order valence-corrected chi connectivity index (χ0v) is 20.7. The Morgan fingerprint density at radius 3 is 2.00 bits per heavy atom. The highest BCUT2D eigenvalue weighted by atomic mass is 79.9. The summed E-state index contributed by atoms with van der Waals surface area (Å²) in [6.45, 7) is 2.21. The summed E-state index contributed by atoms with van der Waals surface area (Å²) in [6.07, 6.45) is 2.78. The number of benzene rings is 4. The van der Waals surface area contributed by atoms with E-state index < -0.39 is 7.14 Å². The third-order valence-electron chi connectivity index (χ3n) is 6.52. The van der Waals surface area contributed by atoms with Crippen molar-refractivity contribution in [2.45, 2.75) is 31.0 Å².